The van der Waals surface area contributed by atoms with E-state index in [-0.39, 0.29) is 5.78 Å². The number of nitrogens with two attached hydrogens (primary N) is 1. The van der Waals surface area contributed by atoms with Crippen LogP contribution in [0.1, 0.15) is 21.5 Å². The molecule has 1 aromatic heterocycles. The molecule has 0 amide bonds. The van der Waals surface area contributed by atoms with Crippen LogP contribution in [-0.2, 0) is 6.54 Å². The molecule has 3 aromatic carbocycles. The molecule has 1 aliphatic rings. The van der Waals surface area contributed by atoms with Crippen LogP contribution in [0.2, 0.25) is 15.1 Å². The van der Waals surface area contributed by atoms with Crippen LogP contribution in [-0.4, -0.2) is 36.9 Å². The first-order valence-corrected chi connectivity index (χ1v) is 13.5. The summed E-state index contributed by atoms with van der Waals surface area (Å²) >= 11 is 19.9. The number of hydrogen-bond acceptors (Lipinski definition) is 5. The molecule has 0 saturated carbocycles. The Morgan fingerprint density at radius 1 is 0.861 bits per heavy atom. The molecule has 2 N–H and O–H groups in total. The first kappa shape index (κ1) is 25.1. The van der Waals surface area contributed by atoms with Gasteiger partial charge in [-0.1, -0.05) is 65.1 Å². The minimum Gasteiger partial charge on any atom is -0.390 e. The molecule has 36 heavy (non-hydrogen) atoms. The molecule has 0 bridgehead atoms. The normalized spacial score (nSPS) is 14.2. The van der Waals surface area contributed by atoms with Gasteiger partial charge in [0, 0.05) is 53.9 Å². The number of benzene rings is 3. The second-order valence-corrected chi connectivity index (χ2v) is 11.0. The van der Waals surface area contributed by atoms with Crippen LogP contribution in [0.25, 0.3) is 10.4 Å². The van der Waals surface area contributed by atoms with Crippen molar-refractivity contribution in [1.82, 2.24) is 4.90 Å². The van der Waals surface area contributed by atoms with Gasteiger partial charge in [-0.15, -0.1) is 11.3 Å². The third kappa shape index (κ3) is 5.26. The Morgan fingerprint density at radius 2 is 1.56 bits per heavy atom. The predicted octanol–water partition coefficient (Wildman–Crippen LogP) is 7.51. The molecule has 0 atom stereocenters. The molecular formula is C28H24Cl3N3OS. The highest BCUT2D eigenvalue weighted by Crippen LogP contribution is 2.41. The van der Waals surface area contributed by atoms with Crippen LogP contribution in [0.3, 0.4) is 0 Å². The van der Waals surface area contributed by atoms with E-state index in [2.05, 4.69) is 21.9 Å². The van der Waals surface area contributed by atoms with Gasteiger partial charge in [0.05, 0.1) is 20.6 Å². The molecule has 1 saturated heterocycles. The first-order valence-electron chi connectivity index (χ1n) is 11.6. The lowest BCUT2D eigenvalue weighted by Gasteiger charge is -2.36. The minimum absolute atomic E-state index is 0.0768. The molecule has 0 unspecified atom stereocenters. The van der Waals surface area contributed by atoms with Crippen LogP contribution < -0.4 is 10.6 Å². The molecular weight excluding hydrogens is 533 g/mol. The van der Waals surface area contributed by atoms with Gasteiger partial charge in [-0.2, -0.15) is 0 Å². The highest BCUT2D eigenvalue weighted by molar-refractivity contribution is 7.20. The van der Waals surface area contributed by atoms with Crippen LogP contribution in [0.5, 0.6) is 0 Å². The Morgan fingerprint density at radius 3 is 2.22 bits per heavy atom. The number of rotatable bonds is 6. The van der Waals surface area contributed by atoms with Gasteiger partial charge in [-0.25, -0.2) is 0 Å². The van der Waals surface area contributed by atoms with E-state index in [0.717, 1.165) is 47.9 Å². The molecule has 0 aliphatic carbocycles. The predicted molar refractivity (Wildman–Crippen MR) is 153 cm³/mol. The molecule has 0 radical (unpaired) electrons. The van der Waals surface area contributed by atoms with Crippen molar-refractivity contribution < 1.29 is 4.79 Å². The van der Waals surface area contributed by atoms with Crippen LogP contribution >= 0.6 is 46.1 Å². The number of carbonyl (C=O) groups is 1. The molecule has 1 aliphatic heterocycles. The van der Waals surface area contributed by atoms with Gasteiger partial charge >= 0.3 is 0 Å². The highest BCUT2D eigenvalue weighted by atomic mass is 35.5. The van der Waals surface area contributed by atoms with Gasteiger partial charge in [-0.05, 0) is 53.6 Å². The topological polar surface area (TPSA) is 49.6 Å². The fourth-order valence-corrected chi connectivity index (χ4v) is 6.02. The third-order valence-corrected chi connectivity index (χ3v) is 8.53. The lowest BCUT2D eigenvalue weighted by molar-refractivity contribution is 0.103. The fraction of sp³-hybridized carbons (Fsp3) is 0.179. The average Bonchev–Trinajstić information content (AvgIpc) is 3.22. The van der Waals surface area contributed by atoms with Crippen molar-refractivity contribution in [2.24, 2.45) is 0 Å². The number of nitrogens with zero attached hydrogens (tertiary/aromatic N) is 2. The van der Waals surface area contributed by atoms with Gasteiger partial charge in [-0.3, -0.25) is 9.69 Å². The van der Waals surface area contributed by atoms with E-state index in [1.54, 1.807) is 24.3 Å². The standard InChI is InChI=1S/C28H24Cl3N3OS/c29-20-8-6-18(7-9-20)26(35)25-22(27(36-28(25)32)19-4-2-1-3-5-19)17-33-12-14-34(15-13-33)21-10-11-23(30)24(31)16-21/h1-11,16H,12-15,17,32H2. The summed E-state index contributed by atoms with van der Waals surface area (Å²) in [5.74, 6) is -0.0768. The Bertz CT molecular complexity index is 1380. The zero-order valence-electron chi connectivity index (χ0n) is 19.4. The number of thiophene rings is 1. The maximum absolute atomic E-state index is 13.6. The number of halogens is 3. The van der Waals surface area contributed by atoms with Crippen molar-refractivity contribution in [2.75, 3.05) is 36.8 Å². The monoisotopic (exact) mass is 555 g/mol. The van der Waals surface area contributed by atoms with E-state index < -0.39 is 0 Å². The van der Waals surface area contributed by atoms with Crippen molar-refractivity contribution in [2.45, 2.75) is 6.54 Å². The minimum atomic E-state index is -0.0768. The van der Waals surface area contributed by atoms with Gasteiger partial charge in [0.25, 0.3) is 0 Å². The van der Waals surface area contributed by atoms with E-state index in [1.165, 1.54) is 11.3 Å². The second kappa shape index (κ2) is 10.8. The molecule has 1 fully saturated rings. The van der Waals surface area contributed by atoms with Crippen LogP contribution in [0.15, 0.2) is 72.8 Å². The summed E-state index contributed by atoms with van der Waals surface area (Å²) < 4.78 is 0. The van der Waals surface area contributed by atoms with Crippen molar-refractivity contribution in [1.29, 1.82) is 0 Å². The molecule has 4 nitrogen and oxygen atoms in total. The van der Waals surface area contributed by atoms with Crippen LogP contribution in [0.4, 0.5) is 10.7 Å². The maximum Gasteiger partial charge on any atom is 0.196 e. The number of ketones is 1. The molecule has 2 heterocycles. The maximum atomic E-state index is 13.6. The zero-order chi connectivity index (χ0) is 25.2. The summed E-state index contributed by atoms with van der Waals surface area (Å²) in [7, 11) is 0. The van der Waals surface area contributed by atoms with Gasteiger partial charge in [0.1, 0.15) is 0 Å². The lowest BCUT2D eigenvalue weighted by atomic mass is 9.97. The quantitative estimate of drug-likeness (QED) is 0.250. The average molecular weight is 557 g/mol. The summed E-state index contributed by atoms with van der Waals surface area (Å²) in [6.07, 6.45) is 0. The fourth-order valence-electron chi connectivity index (χ4n) is 4.52. The van der Waals surface area contributed by atoms with Crippen molar-refractivity contribution >= 4 is 62.6 Å². The third-order valence-electron chi connectivity index (χ3n) is 6.43. The Labute approximate surface area is 229 Å². The smallest absolute Gasteiger partial charge is 0.196 e. The largest absolute Gasteiger partial charge is 0.390 e. The highest BCUT2D eigenvalue weighted by Gasteiger charge is 2.27. The number of piperazine rings is 1. The molecule has 184 valence electrons. The van der Waals surface area contributed by atoms with E-state index in [9.17, 15) is 4.79 Å². The number of nitrogen functional groups attached to an aromatic ring is 1. The molecule has 0 spiro atoms. The Kier molecular flexibility index (Phi) is 7.56. The van der Waals surface area contributed by atoms with E-state index in [4.69, 9.17) is 40.5 Å². The summed E-state index contributed by atoms with van der Waals surface area (Å²) in [6, 6.07) is 22.8. The number of carbonyl (C=O) groups excluding carboxylic acids is 1. The second-order valence-electron chi connectivity index (χ2n) is 8.71. The summed E-state index contributed by atoms with van der Waals surface area (Å²) in [4.78, 5) is 19.3. The Balaban J connectivity index is 1.43. The lowest BCUT2D eigenvalue weighted by Crippen LogP contribution is -2.46. The number of hydrogen-bond donors (Lipinski definition) is 1. The molecule has 4 aromatic rings. The van der Waals surface area contributed by atoms with Gasteiger partial charge < -0.3 is 10.6 Å². The zero-order valence-corrected chi connectivity index (χ0v) is 22.5. The van der Waals surface area contributed by atoms with E-state index in [0.29, 0.717) is 37.7 Å². The Hall–Kier alpha value is -2.54. The van der Waals surface area contributed by atoms with Gasteiger partial charge in [0.2, 0.25) is 0 Å². The van der Waals surface area contributed by atoms with Crippen LogP contribution in [0, 0.1) is 0 Å². The van der Waals surface area contributed by atoms with E-state index >= 15 is 0 Å². The van der Waals surface area contributed by atoms with Crippen molar-refractivity contribution in [3.63, 3.8) is 0 Å². The number of anilines is 2. The van der Waals surface area contributed by atoms with Crippen molar-refractivity contribution in [3.8, 4) is 10.4 Å². The SMILES string of the molecule is Nc1sc(-c2ccccc2)c(CN2CCN(c3ccc(Cl)c(Cl)c3)CC2)c1C(=O)c1ccc(Cl)cc1. The molecule has 8 heteroatoms. The van der Waals surface area contributed by atoms with Crippen molar-refractivity contribution in [3.05, 3.63) is 105 Å². The summed E-state index contributed by atoms with van der Waals surface area (Å²) in [5.41, 5.74) is 10.8. The van der Waals surface area contributed by atoms with E-state index in [1.807, 2.05) is 36.4 Å². The molecule has 5 rings (SSSR count). The summed E-state index contributed by atoms with van der Waals surface area (Å²) in [5, 5.41) is 2.25. The first-order chi connectivity index (χ1) is 17.4. The summed E-state index contributed by atoms with van der Waals surface area (Å²) in [6.45, 7) is 4.02. The van der Waals surface area contributed by atoms with Gasteiger partial charge in [0.15, 0.2) is 5.78 Å².